The molecule has 1 aromatic carbocycles. The molecule has 0 bridgehead atoms. The van der Waals surface area contributed by atoms with E-state index >= 15 is 0 Å². The number of nitrogens with zero attached hydrogens (tertiary/aromatic N) is 2. The fourth-order valence-corrected chi connectivity index (χ4v) is 3.29. The molecular formula is C22H25N3O2. The van der Waals surface area contributed by atoms with E-state index < -0.39 is 0 Å². The van der Waals surface area contributed by atoms with Crippen molar-refractivity contribution >= 4 is 17.9 Å². The van der Waals surface area contributed by atoms with E-state index in [1.165, 1.54) is 6.08 Å². The highest BCUT2D eigenvalue weighted by atomic mass is 16.2. The first-order valence-corrected chi connectivity index (χ1v) is 9.42. The van der Waals surface area contributed by atoms with Gasteiger partial charge in [-0.15, -0.1) is 0 Å². The summed E-state index contributed by atoms with van der Waals surface area (Å²) in [5, 5.41) is 2.93. The number of carbonyl (C=O) groups is 2. The van der Waals surface area contributed by atoms with Gasteiger partial charge < -0.3 is 10.2 Å². The summed E-state index contributed by atoms with van der Waals surface area (Å²) in [6.45, 7) is 2.23. The summed E-state index contributed by atoms with van der Waals surface area (Å²) in [5.41, 5.74) is 1.66. The fraction of sp³-hybridized carbons (Fsp3) is 0.318. The third-order valence-electron chi connectivity index (χ3n) is 4.89. The van der Waals surface area contributed by atoms with Crippen molar-refractivity contribution in [3.63, 3.8) is 0 Å². The molecular weight excluding hydrogens is 338 g/mol. The Hall–Kier alpha value is -2.95. The molecule has 2 amide bonds. The van der Waals surface area contributed by atoms with E-state index in [4.69, 9.17) is 0 Å². The van der Waals surface area contributed by atoms with Crippen LogP contribution < -0.4 is 5.32 Å². The van der Waals surface area contributed by atoms with E-state index in [2.05, 4.69) is 10.3 Å². The molecule has 3 rings (SSSR count). The summed E-state index contributed by atoms with van der Waals surface area (Å²) in [6.07, 6.45) is 9.64. The minimum atomic E-state index is -0.0875. The van der Waals surface area contributed by atoms with Crippen LogP contribution in [0, 0.1) is 5.92 Å². The first-order valence-electron chi connectivity index (χ1n) is 9.42. The lowest BCUT2D eigenvalue weighted by Crippen LogP contribution is -2.39. The first kappa shape index (κ1) is 18.8. The van der Waals surface area contributed by atoms with Crippen molar-refractivity contribution in [1.82, 2.24) is 15.2 Å². The largest absolute Gasteiger partial charge is 0.353 e. The van der Waals surface area contributed by atoms with Crippen LogP contribution in [-0.2, 0) is 4.79 Å². The summed E-state index contributed by atoms with van der Waals surface area (Å²) >= 11 is 0. The van der Waals surface area contributed by atoms with Crippen LogP contribution in [0.25, 0.3) is 6.08 Å². The minimum Gasteiger partial charge on any atom is -0.353 e. The lowest BCUT2D eigenvalue weighted by atomic mass is 9.93. The molecule has 1 aliphatic heterocycles. The number of carbonyl (C=O) groups excluding carboxylic acids is 2. The Bertz CT molecular complexity index is 767. The Balaban J connectivity index is 1.35. The topological polar surface area (TPSA) is 62.3 Å². The number of piperidine rings is 1. The molecule has 140 valence electrons. The number of benzene rings is 1. The van der Waals surface area contributed by atoms with Crippen LogP contribution in [0.2, 0.25) is 0 Å². The Morgan fingerprint density at radius 1 is 1.11 bits per heavy atom. The van der Waals surface area contributed by atoms with Crippen molar-refractivity contribution in [2.75, 3.05) is 19.6 Å². The Kier molecular flexibility index (Phi) is 6.74. The van der Waals surface area contributed by atoms with Crippen LogP contribution in [0.1, 0.15) is 35.2 Å². The summed E-state index contributed by atoms with van der Waals surface area (Å²) in [7, 11) is 0. The fourth-order valence-electron chi connectivity index (χ4n) is 3.29. The second-order valence-electron chi connectivity index (χ2n) is 6.80. The molecule has 1 fully saturated rings. The molecule has 1 saturated heterocycles. The first-order chi connectivity index (χ1) is 13.2. The molecule has 2 heterocycles. The maximum atomic E-state index is 12.5. The number of rotatable bonds is 6. The van der Waals surface area contributed by atoms with Gasteiger partial charge in [0.25, 0.3) is 5.91 Å². The van der Waals surface area contributed by atoms with Gasteiger partial charge in [0.1, 0.15) is 0 Å². The van der Waals surface area contributed by atoms with Crippen molar-refractivity contribution in [3.05, 3.63) is 72.1 Å². The minimum absolute atomic E-state index is 0.0875. The average molecular weight is 363 g/mol. The quantitative estimate of drug-likeness (QED) is 0.802. The highest BCUT2D eigenvalue weighted by molar-refractivity contribution is 5.94. The zero-order valence-corrected chi connectivity index (χ0v) is 15.4. The van der Waals surface area contributed by atoms with E-state index in [0.29, 0.717) is 12.5 Å². The monoisotopic (exact) mass is 363 g/mol. The van der Waals surface area contributed by atoms with E-state index in [0.717, 1.165) is 43.5 Å². The van der Waals surface area contributed by atoms with Gasteiger partial charge in [0, 0.05) is 43.7 Å². The molecule has 0 unspecified atom stereocenters. The van der Waals surface area contributed by atoms with Crippen LogP contribution in [0.5, 0.6) is 0 Å². The summed E-state index contributed by atoms with van der Waals surface area (Å²) < 4.78 is 0. The van der Waals surface area contributed by atoms with E-state index in [9.17, 15) is 9.59 Å². The van der Waals surface area contributed by atoms with Crippen molar-refractivity contribution in [1.29, 1.82) is 0 Å². The molecule has 5 nitrogen and oxygen atoms in total. The zero-order chi connectivity index (χ0) is 18.9. The van der Waals surface area contributed by atoms with E-state index in [1.807, 2.05) is 47.4 Å². The van der Waals surface area contributed by atoms with Gasteiger partial charge >= 0.3 is 0 Å². The van der Waals surface area contributed by atoms with Gasteiger partial charge in [-0.05, 0) is 55.0 Å². The number of nitrogens with one attached hydrogen (secondary N) is 1. The molecule has 5 heteroatoms. The SMILES string of the molecule is O=C(/C=C/c1cccnc1)NCCC1CCN(C(=O)c2ccccc2)CC1. The molecule has 1 aromatic heterocycles. The molecule has 0 aliphatic carbocycles. The number of aromatic nitrogens is 1. The zero-order valence-electron chi connectivity index (χ0n) is 15.4. The maximum Gasteiger partial charge on any atom is 0.253 e. The standard InChI is InChI=1S/C22H25N3O2/c26-21(9-8-19-5-4-13-23-17-19)24-14-10-18-11-15-25(16-12-18)22(27)20-6-2-1-3-7-20/h1-9,13,17-18H,10-12,14-16H2,(H,24,26)/b9-8+. The smallest absolute Gasteiger partial charge is 0.253 e. The Morgan fingerprint density at radius 2 is 1.89 bits per heavy atom. The van der Waals surface area contributed by atoms with Gasteiger partial charge in [-0.1, -0.05) is 24.3 Å². The van der Waals surface area contributed by atoms with E-state index in [1.54, 1.807) is 18.5 Å². The van der Waals surface area contributed by atoms with Crippen LogP contribution in [-0.4, -0.2) is 41.3 Å². The van der Waals surface area contributed by atoms with Gasteiger partial charge in [-0.3, -0.25) is 14.6 Å². The lowest BCUT2D eigenvalue weighted by molar-refractivity contribution is -0.116. The molecule has 1 aliphatic rings. The van der Waals surface area contributed by atoms with Crippen molar-refractivity contribution in [2.45, 2.75) is 19.3 Å². The third kappa shape index (κ3) is 5.78. The highest BCUT2D eigenvalue weighted by Crippen LogP contribution is 2.21. The highest BCUT2D eigenvalue weighted by Gasteiger charge is 2.23. The van der Waals surface area contributed by atoms with Crippen molar-refractivity contribution in [3.8, 4) is 0 Å². The van der Waals surface area contributed by atoms with Crippen LogP contribution in [0.3, 0.4) is 0 Å². The van der Waals surface area contributed by atoms with Crippen molar-refractivity contribution in [2.24, 2.45) is 5.92 Å². The van der Waals surface area contributed by atoms with Gasteiger partial charge in [-0.25, -0.2) is 0 Å². The molecule has 0 atom stereocenters. The van der Waals surface area contributed by atoms with Crippen LogP contribution in [0.15, 0.2) is 60.9 Å². The number of amides is 2. The molecule has 1 N–H and O–H groups in total. The molecule has 0 radical (unpaired) electrons. The predicted octanol–water partition coefficient (Wildman–Crippen LogP) is 3.15. The molecule has 2 aromatic rings. The summed E-state index contributed by atoms with van der Waals surface area (Å²) in [4.78, 5) is 30.3. The van der Waals surface area contributed by atoms with Crippen LogP contribution >= 0.6 is 0 Å². The Morgan fingerprint density at radius 3 is 2.59 bits per heavy atom. The second kappa shape index (κ2) is 9.67. The normalized spacial score (nSPS) is 15.0. The van der Waals surface area contributed by atoms with Gasteiger partial charge in [0.2, 0.25) is 5.91 Å². The maximum absolute atomic E-state index is 12.5. The summed E-state index contributed by atoms with van der Waals surface area (Å²) in [5.74, 6) is 0.575. The average Bonchev–Trinajstić information content (AvgIpc) is 2.74. The molecule has 27 heavy (non-hydrogen) atoms. The predicted molar refractivity (Wildman–Crippen MR) is 106 cm³/mol. The van der Waals surface area contributed by atoms with Crippen LogP contribution in [0.4, 0.5) is 0 Å². The lowest BCUT2D eigenvalue weighted by Gasteiger charge is -2.32. The van der Waals surface area contributed by atoms with E-state index in [-0.39, 0.29) is 11.8 Å². The molecule has 0 spiro atoms. The number of hydrogen-bond donors (Lipinski definition) is 1. The summed E-state index contributed by atoms with van der Waals surface area (Å²) in [6, 6.07) is 13.2. The Labute approximate surface area is 160 Å². The third-order valence-corrected chi connectivity index (χ3v) is 4.89. The van der Waals surface area contributed by atoms with Gasteiger partial charge in [0.15, 0.2) is 0 Å². The second-order valence-corrected chi connectivity index (χ2v) is 6.80. The van der Waals surface area contributed by atoms with Gasteiger partial charge in [0.05, 0.1) is 0 Å². The number of pyridine rings is 1. The van der Waals surface area contributed by atoms with Crippen molar-refractivity contribution < 1.29 is 9.59 Å². The number of hydrogen-bond acceptors (Lipinski definition) is 3. The number of likely N-dealkylation sites (tertiary alicyclic amines) is 1. The van der Waals surface area contributed by atoms with Gasteiger partial charge in [-0.2, -0.15) is 0 Å². The molecule has 0 saturated carbocycles.